The normalized spacial score (nSPS) is 21.9. The molecule has 0 spiro atoms. The molecule has 5 nitrogen and oxygen atoms in total. The Morgan fingerprint density at radius 2 is 2.10 bits per heavy atom. The molecular formula is C15H23NO4S. The number of ether oxygens (including phenoxy) is 2. The van der Waals surface area contributed by atoms with E-state index < -0.39 is 15.1 Å². The predicted octanol–water partition coefficient (Wildman–Crippen LogP) is 1.33. The molecule has 0 aliphatic heterocycles. The smallest absolute Gasteiger partial charge is 0.157 e. The molecule has 2 atom stereocenters. The third-order valence-corrected chi connectivity index (χ3v) is 6.27. The highest BCUT2D eigenvalue weighted by Gasteiger charge is 2.37. The van der Waals surface area contributed by atoms with Gasteiger partial charge >= 0.3 is 0 Å². The van der Waals surface area contributed by atoms with Gasteiger partial charge in [-0.3, -0.25) is 0 Å². The lowest BCUT2D eigenvalue weighted by molar-refractivity contribution is 0.216. The van der Waals surface area contributed by atoms with Crippen molar-refractivity contribution < 1.29 is 17.9 Å². The van der Waals surface area contributed by atoms with E-state index >= 15 is 0 Å². The second-order valence-corrected chi connectivity index (χ2v) is 7.61. The molecule has 21 heavy (non-hydrogen) atoms. The van der Waals surface area contributed by atoms with Gasteiger partial charge in [-0.15, -0.1) is 0 Å². The minimum atomic E-state index is -3.20. The molecular weight excluding hydrogens is 290 g/mol. The van der Waals surface area contributed by atoms with E-state index in [9.17, 15) is 8.42 Å². The number of methoxy groups -OCH3 is 2. The first kappa shape index (κ1) is 16.3. The van der Waals surface area contributed by atoms with Gasteiger partial charge in [0.1, 0.15) is 5.75 Å². The Hall–Kier alpha value is -1.11. The molecule has 0 aromatic heterocycles. The highest BCUT2D eigenvalue weighted by molar-refractivity contribution is 7.92. The highest BCUT2D eigenvalue weighted by atomic mass is 32.2. The number of fused-ring (bicyclic) bond motifs is 1. The fraction of sp³-hybridized carbons (Fsp3) is 0.600. The van der Waals surface area contributed by atoms with Crippen molar-refractivity contribution in [3.8, 4) is 5.75 Å². The number of aryl methyl sites for hydroxylation is 1. The van der Waals surface area contributed by atoms with Gasteiger partial charge in [0.15, 0.2) is 9.84 Å². The molecule has 0 amide bonds. The second-order valence-electron chi connectivity index (χ2n) is 5.27. The molecule has 0 bridgehead atoms. The Bertz CT molecular complexity index is 585. The summed E-state index contributed by atoms with van der Waals surface area (Å²) in [5.74, 6) is 0.815. The van der Waals surface area contributed by atoms with Crippen LogP contribution in [-0.4, -0.2) is 47.3 Å². The summed E-state index contributed by atoms with van der Waals surface area (Å²) in [5, 5.41) is 2.75. The summed E-state index contributed by atoms with van der Waals surface area (Å²) < 4.78 is 35.2. The molecule has 1 N–H and O–H groups in total. The van der Waals surface area contributed by atoms with Gasteiger partial charge in [0, 0.05) is 13.2 Å². The number of hydrogen-bond donors (Lipinski definition) is 1. The molecule has 0 saturated heterocycles. The maximum absolute atomic E-state index is 12.5. The van der Waals surface area contributed by atoms with Crippen molar-refractivity contribution in [3.05, 3.63) is 29.3 Å². The Kier molecular flexibility index (Phi) is 5.24. The summed E-state index contributed by atoms with van der Waals surface area (Å²) in [7, 11) is 1.74. The largest absolute Gasteiger partial charge is 0.497 e. The monoisotopic (exact) mass is 313 g/mol. The molecule has 0 fully saturated rings. The number of sulfone groups is 1. The third-order valence-electron chi connectivity index (χ3n) is 4.10. The molecule has 118 valence electrons. The highest BCUT2D eigenvalue weighted by Crippen LogP contribution is 2.36. The number of rotatable bonds is 6. The quantitative estimate of drug-likeness (QED) is 0.858. The van der Waals surface area contributed by atoms with Crippen LogP contribution in [0.2, 0.25) is 0 Å². The minimum Gasteiger partial charge on any atom is -0.497 e. The van der Waals surface area contributed by atoms with Gasteiger partial charge < -0.3 is 14.8 Å². The lowest BCUT2D eigenvalue weighted by Crippen LogP contribution is -2.41. The standard InChI is InChI=1S/C15H23NO4S/c1-16-15-13-10-12(20-3)6-4-11(13)5-7-14(15)21(17,18)9-8-19-2/h4,6,10,14-16H,5,7-9H2,1-3H3. The van der Waals surface area contributed by atoms with Gasteiger partial charge in [0.2, 0.25) is 0 Å². The van der Waals surface area contributed by atoms with Gasteiger partial charge in [-0.25, -0.2) is 8.42 Å². The van der Waals surface area contributed by atoms with Gasteiger partial charge in [-0.2, -0.15) is 0 Å². The summed E-state index contributed by atoms with van der Waals surface area (Å²) in [4.78, 5) is 0. The van der Waals surface area contributed by atoms with Gasteiger partial charge in [-0.1, -0.05) is 6.07 Å². The van der Waals surface area contributed by atoms with Crippen LogP contribution in [-0.2, 0) is 21.0 Å². The van der Waals surface area contributed by atoms with Crippen LogP contribution in [0.1, 0.15) is 23.6 Å². The Labute approximate surface area is 126 Å². The van der Waals surface area contributed by atoms with Crippen LogP contribution in [0.4, 0.5) is 0 Å². The molecule has 2 rings (SSSR count). The van der Waals surface area contributed by atoms with Crippen molar-refractivity contribution in [2.24, 2.45) is 0 Å². The fourth-order valence-corrected chi connectivity index (χ4v) is 4.84. The van der Waals surface area contributed by atoms with Crippen molar-refractivity contribution in [2.45, 2.75) is 24.1 Å². The third kappa shape index (κ3) is 3.39. The van der Waals surface area contributed by atoms with Crippen LogP contribution in [0.15, 0.2) is 18.2 Å². The van der Waals surface area contributed by atoms with E-state index in [1.54, 1.807) is 14.2 Å². The van der Waals surface area contributed by atoms with Gasteiger partial charge in [0.25, 0.3) is 0 Å². The van der Waals surface area contributed by atoms with Crippen molar-refractivity contribution in [1.29, 1.82) is 0 Å². The first-order valence-corrected chi connectivity index (χ1v) is 8.79. The summed E-state index contributed by atoms with van der Waals surface area (Å²) in [6.07, 6.45) is 1.41. The van der Waals surface area contributed by atoms with E-state index in [-0.39, 0.29) is 18.4 Å². The molecule has 1 aliphatic carbocycles. The molecule has 0 heterocycles. The van der Waals surface area contributed by atoms with Crippen LogP contribution in [0, 0.1) is 0 Å². The predicted molar refractivity (Wildman–Crippen MR) is 82.6 cm³/mol. The van der Waals surface area contributed by atoms with Crippen LogP contribution in [0.5, 0.6) is 5.75 Å². The molecule has 6 heteroatoms. The van der Waals surface area contributed by atoms with Crippen molar-refractivity contribution in [1.82, 2.24) is 5.32 Å². The zero-order chi connectivity index (χ0) is 15.5. The SMILES string of the molecule is CNC1c2cc(OC)ccc2CCC1S(=O)(=O)CCOC. The van der Waals surface area contributed by atoms with Gasteiger partial charge in [-0.05, 0) is 43.1 Å². The average Bonchev–Trinajstić information content (AvgIpc) is 2.51. The lowest BCUT2D eigenvalue weighted by Gasteiger charge is -2.33. The maximum atomic E-state index is 12.5. The lowest BCUT2D eigenvalue weighted by atomic mass is 9.87. The summed E-state index contributed by atoms with van der Waals surface area (Å²) in [6, 6.07) is 5.68. The van der Waals surface area contributed by atoms with Crippen LogP contribution >= 0.6 is 0 Å². The minimum absolute atomic E-state index is 0.0612. The van der Waals surface area contributed by atoms with E-state index in [1.165, 1.54) is 12.7 Å². The van der Waals surface area contributed by atoms with Gasteiger partial charge in [0.05, 0.1) is 24.7 Å². The Morgan fingerprint density at radius 1 is 1.33 bits per heavy atom. The molecule has 2 unspecified atom stereocenters. The first-order chi connectivity index (χ1) is 10.0. The topological polar surface area (TPSA) is 64.6 Å². The van der Waals surface area contributed by atoms with Crippen LogP contribution < -0.4 is 10.1 Å². The molecule has 0 radical (unpaired) electrons. The molecule has 1 aromatic rings. The number of benzene rings is 1. The molecule has 1 aromatic carbocycles. The van der Waals surface area contributed by atoms with E-state index in [1.807, 2.05) is 18.2 Å². The van der Waals surface area contributed by atoms with Crippen LogP contribution in [0.25, 0.3) is 0 Å². The molecule has 1 aliphatic rings. The Morgan fingerprint density at radius 3 is 2.71 bits per heavy atom. The van der Waals surface area contributed by atoms with E-state index in [2.05, 4.69) is 5.32 Å². The zero-order valence-corrected chi connectivity index (χ0v) is 13.6. The summed E-state index contributed by atoms with van der Waals surface area (Å²) in [5.41, 5.74) is 2.21. The zero-order valence-electron chi connectivity index (χ0n) is 12.8. The van der Waals surface area contributed by atoms with E-state index in [0.717, 1.165) is 17.7 Å². The van der Waals surface area contributed by atoms with Crippen molar-refractivity contribution in [2.75, 3.05) is 33.6 Å². The molecule has 0 saturated carbocycles. The van der Waals surface area contributed by atoms with Crippen molar-refractivity contribution in [3.63, 3.8) is 0 Å². The first-order valence-electron chi connectivity index (χ1n) is 7.08. The van der Waals surface area contributed by atoms with E-state index in [4.69, 9.17) is 9.47 Å². The number of nitrogens with one attached hydrogen (secondary N) is 1. The summed E-state index contributed by atoms with van der Waals surface area (Å²) in [6.45, 7) is 0.236. The average molecular weight is 313 g/mol. The van der Waals surface area contributed by atoms with Crippen LogP contribution in [0.3, 0.4) is 0 Å². The maximum Gasteiger partial charge on any atom is 0.157 e. The fourth-order valence-electron chi connectivity index (χ4n) is 2.96. The summed E-state index contributed by atoms with van der Waals surface area (Å²) >= 11 is 0. The Balaban J connectivity index is 2.34. The number of hydrogen-bond acceptors (Lipinski definition) is 5. The second kappa shape index (κ2) is 6.77. The van der Waals surface area contributed by atoms with E-state index in [0.29, 0.717) is 6.42 Å². The van der Waals surface area contributed by atoms with Crippen molar-refractivity contribution >= 4 is 9.84 Å².